The smallest absolute Gasteiger partial charge is 0.268 e. The summed E-state index contributed by atoms with van der Waals surface area (Å²) in [6.45, 7) is 0.406. The van der Waals surface area contributed by atoms with E-state index in [0.29, 0.717) is 33.4 Å². The molecule has 0 aliphatic carbocycles. The number of nitrogens with zero attached hydrogens (tertiary/aromatic N) is 1. The molecule has 7 heteroatoms. The Labute approximate surface area is 129 Å². The van der Waals surface area contributed by atoms with Gasteiger partial charge in [-0.15, -0.1) is 11.3 Å². The standard InChI is InChI=1S/C14H12ClN3O2S/c1-20-11-3-2-8(6-9(11)15)16-7-12-17-10-4-5-21-13(10)14(19)18-12/h2-6,16H,7H2,1H3,(H,17,18,19). The summed E-state index contributed by atoms with van der Waals surface area (Å²) in [5.41, 5.74) is 1.43. The lowest BCUT2D eigenvalue weighted by Gasteiger charge is -2.08. The van der Waals surface area contributed by atoms with Gasteiger partial charge in [0.15, 0.2) is 0 Å². The zero-order valence-electron chi connectivity index (χ0n) is 11.1. The van der Waals surface area contributed by atoms with Gasteiger partial charge < -0.3 is 15.0 Å². The van der Waals surface area contributed by atoms with Gasteiger partial charge in [0, 0.05) is 5.69 Å². The molecule has 0 radical (unpaired) electrons. The first-order valence-electron chi connectivity index (χ1n) is 6.21. The van der Waals surface area contributed by atoms with Crippen LogP contribution in [0.25, 0.3) is 10.2 Å². The van der Waals surface area contributed by atoms with Crippen LogP contribution in [-0.2, 0) is 6.54 Å². The van der Waals surface area contributed by atoms with Crippen LogP contribution in [0.2, 0.25) is 5.02 Å². The number of benzene rings is 1. The summed E-state index contributed by atoms with van der Waals surface area (Å²) in [6, 6.07) is 7.24. The molecule has 0 fully saturated rings. The molecule has 0 bridgehead atoms. The van der Waals surface area contributed by atoms with E-state index in [1.165, 1.54) is 11.3 Å². The second kappa shape index (κ2) is 5.75. The van der Waals surface area contributed by atoms with Crippen molar-refractivity contribution < 1.29 is 4.74 Å². The highest BCUT2D eigenvalue weighted by Crippen LogP contribution is 2.27. The quantitative estimate of drug-likeness (QED) is 0.774. The highest BCUT2D eigenvalue weighted by Gasteiger charge is 2.06. The van der Waals surface area contributed by atoms with E-state index in [2.05, 4.69) is 15.3 Å². The normalized spacial score (nSPS) is 10.8. The van der Waals surface area contributed by atoms with Gasteiger partial charge in [-0.1, -0.05) is 11.6 Å². The van der Waals surface area contributed by atoms with E-state index in [4.69, 9.17) is 16.3 Å². The van der Waals surface area contributed by atoms with Gasteiger partial charge in [0.25, 0.3) is 5.56 Å². The number of H-pyrrole nitrogens is 1. The molecule has 0 aliphatic heterocycles. The van der Waals surface area contributed by atoms with E-state index in [1.807, 2.05) is 17.5 Å². The van der Waals surface area contributed by atoms with Crippen LogP contribution in [0.4, 0.5) is 5.69 Å². The molecule has 2 N–H and O–H groups in total. The molecular formula is C14H12ClN3O2S. The summed E-state index contributed by atoms with van der Waals surface area (Å²) in [7, 11) is 1.57. The highest BCUT2D eigenvalue weighted by atomic mass is 35.5. The van der Waals surface area contributed by atoms with Crippen molar-refractivity contribution in [1.82, 2.24) is 9.97 Å². The van der Waals surface area contributed by atoms with Crippen molar-refractivity contribution in [2.75, 3.05) is 12.4 Å². The van der Waals surface area contributed by atoms with Gasteiger partial charge in [-0.05, 0) is 29.6 Å². The largest absolute Gasteiger partial charge is 0.495 e. The second-order valence-electron chi connectivity index (χ2n) is 4.35. The predicted octanol–water partition coefficient (Wildman–Crippen LogP) is 3.26. The summed E-state index contributed by atoms with van der Waals surface area (Å²) in [6.07, 6.45) is 0. The lowest BCUT2D eigenvalue weighted by Crippen LogP contribution is -2.13. The van der Waals surface area contributed by atoms with Gasteiger partial charge in [0.1, 0.15) is 16.3 Å². The molecule has 108 valence electrons. The molecule has 21 heavy (non-hydrogen) atoms. The Morgan fingerprint density at radius 2 is 2.29 bits per heavy atom. The van der Waals surface area contributed by atoms with Crippen LogP contribution in [0.3, 0.4) is 0 Å². The summed E-state index contributed by atoms with van der Waals surface area (Å²) in [4.78, 5) is 19.0. The molecule has 0 aliphatic rings. The zero-order chi connectivity index (χ0) is 14.8. The Morgan fingerprint density at radius 1 is 1.43 bits per heavy atom. The molecule has 1 aromatic carbocycles. The van der Waals surface area contributed by atoms with Gasteiger partial charge in [0.05, 0.1) is 24.2 Å². The Kier molecular flexibility index (Phi) is 3.81. The third-order valence-electron chi connectivity index (χ3n) is 2.98. The Hall–Kier alpha value is -2.05. The van der Waals surface area contributed by atoms with Gasteiger partial charge in [-0.25, -0.2) is 4.98 Å². The number of aromatic nitrogens is 2. The van der Waals surface area contributed by atoms with Crippen LogP contribution in [-0.4, -0.2) is 17.1 Å². The molecule has 2 heterocycles. The lowest BCUT2D eigenvalue weighted by atomic mass is 10.3. The van der Waals surface area contributed by atoms with Gasteiger partial charge in [-0.2, -0.15) is 0 Å². The maximum absolute atomic E-state index is 11.9. The Bertz CT molecular complexity index is 844. The molecule has 0 amide bonds. The number of fused-ring (bicyclic) bond motifs is 1. The average molecular weight is 322 g/mol. The number of thiophene rings is 1. The van der Waals surface area contributed by atoms with Crippen LogP contribution < -0.4 is 15.6 Å². The van der Waals surface area contributed by atoms with E-state index >= 15 is 0 Å². The summed E-state index contributed by atoms with van der Waals surface area (Å²) in [5, 5.41) is 5.55. The molecular weight excluding hydrogens is 310 g/mol. The van der Waals surface area contributed by atoms with Gasteiger partial charge >= 0.3 is 0 Å². The Morgan fingerprint density at radius 3 is 3.05 bits per heavy atom. The van der Waals surface area contributed by atoms with Crippen LogP contribution in [0.1, 0.15) is 5.82 Å². The van der Waals surface area contributed by atoms with Crippen LogP contribution in [0.5, 0.6) is 5.75 Å². The van der Waals surface area contributed by atoms with Gasteiger partial charge in [0.2, 0.25) is 0 Å². The zero-order valence-corrected chi connectivity index (χ0v) is 12.7. The van der Waals surface area contributed by atoms with E-state index in [0.717, 1.165) is 5.69 Å². The minimum Gasteiger partial charge on any atom is -0.495 e. The number of halogens is 1. The van der Waals surface area contributed by atoms with E-state index in [1.54, 1.807) is 19.2 Å². The fourth-order valence-electron chi connectivity index (χ4n) is 1.97. The number of nitrogens with one attached hydrogen (secondary N) is 2. The summed E-state index contributed by atoms with van der Waals surface area (Å²) < 4.78 is 5.74. The van der Waals surface area contributed by atoms with Crippen LogP contribution in [0, 0.1) is 0 Å². The van der Waals surface area contributed by atoms with Gasteiger partial charge in [-0.3, -0.25) is 4.79 Å². The number of hydrogen-bond donors (Lipinski definition) is 2. The third-order valence-corrected chi connectivity index (χ3v) is 4.17. The summed E-state index contributed by atoms with van der Waals surface area (Å²) >= 11 is 7.45. The molecule has 0 saturated carbocycles. The minimum absolute atomic E-state index is 0.112. The maximum Gasteiger partial charge on any atom is 0.268 e. The number of rotatable bonds is 4. The van der Waals surface area contributed by atoms with Crippen molar-refractivity contribution in [3.8, 4) is 5.75 Å². The van der Waals surface area contributed by atoms with Crippen molar-refractivity contribution in [1.29, 1.82) is 0 Å². The van der Waals surface area contributed by atoms with E-state index in [-0.39, 0.29) is 5.56 Å². The third kappa shape index (κ3) is 2.86. The Balaban J connectivity index is 1.80. The number of methoxy groups -OCH3 is 1. The highest BCUT2D eigenvalue weighted by molar-refractivity contribution is 7.17. The van der Waals surface area contributed by atoms with Crippen molar-refractivity contribution in [3.63, 3.8) is 0 Å². The number of aromatic amines is 1. The first-order chi connectivity index (χ1) is 10.2. The lowest BCUT2D eigenvalue weighted by molar-refractivity contribution is 0.415. The molecule has 5 nitrogen and oxygen atoms in total. The molecule has 0 unspecified atom stereocenters. The van der Waals surface area contributed by atoms with E-state index < -0.39 is 0 Å². The first kappa shape index (κ1) is 13.9. The molecule has 0 atom stereocenters. The van der Waals surface area contributed by atoms with Crippen molar-refractivity contribution in [2.24, 2.45) is 0 Å². The fourth-order valence-corrected chi connectivity index (χ4v) is 2.95. The molecule has 3 rings (SSSR count). The van der Waals surface area contributed by atoms with Crippen LogP contribution >= 0.6 is 22.9 Å². The number of ether oxygens (including phenoxy) is 1. The van der Waals surface area contributed by atoms with Crippen molar-refractivity contribution in [3.05, 3.63) is 50.8 Å². The van der Waals surface area contributed by atoms with Crippen molar-refractivity contribution >= 4 is 38.8 Å². The first-order valence-corrected chi connectivity index (χ1v) is 7.47. The molecule has 3 aromatic rings. The SMILES string of the molecule is COc1ccc(NCc2nc3ccsc3c(=O)[nH]2)cc1Cl. The molecule has 0 saturated heterocycles. The predicted molar refractivity (Wildman–Crippen MR) is 85.6 cm³/mol. The minimum atomic E-state index is -0.112. The monoisotopic (exact) mass is 321 g/mol. The number of anilines is 1. The summed E-state index contributed by atoms with van der Waals surface area (Å²) in [5.74, 6) is 1.20. The van der Waals surface area contributed by atoms with Crippen LogP contribution in [0.15, 0.2) is 34.4 Å². The topological polar surface area (TPSA) is 67.0 Å². The number of hydrogen-bond acceptors (Lipinski definition) is 5. The fraction of sp³-hybridized carbons (Fsp3) is 0.143. The maximum atomic E-state index is 11.9. The average Bonchev–Trinajstić information content (AvgIpc) is 2.94. The molecule has 2 aromatic heterocycles. The molecule has 0 spiro atoms. The van der Waals surface area contributed by atoms with Crippen molar-refractivity contribution in [2.45, 2.75) is 6.54 Å². The van der Waals surface area contributed by atoms with E-state index in [9.17, 15) is 4.79 Å². The second-order valence-corrected chi connectivity index (χ2v) is 5.67.